The Kier molecular flexibility index (Phi) is 3.29. The molecule has 0 radical (unpaired) electrons. The summed E-state index contributed by atoms with van der Waals surface area (Å²) in [7, 11) is 0. The molecule has 0 aliphatic carbocycles. The number of benzene rings is 1. The molecule has 14 heavy (non-hydrogen) atoms. The molecule has 0 aliphatic rings. The summed E-state index contributed by atoms with van der Waals surface area (Å²) in [5.74, 6) is 1.22. The summed E-state index contributed by atoms with van der Waals surface area (Å²) in [6.45, 7) is 0. The van der Waals surface area contributed by atoms with Gasteiger partial charge in [-0.2, -0.15) is 0 Å². The molecular formula is C10H8N2OS. The molecular weight excluding hydrogens is 196 g/mol. The van der Waals surface area contributed by atoms with E-state index in [-0.39, 0.29) is 10.4 Å². The molecule has 0 aliphatic heterocycles. The van der Waals surface area contributed by atoms with Gasteiger partial charge in [-0.15, -0.1) is 0 Å². The maximum absolute atomic E-state index is 10.9. The number of nitrogens with two attached hydrogens (primary N) is 1. The zero-order valence-corrected chi connectivity index (χ0v) is 8.10. The maximum Gasteiger partial charge on any atom is 0.259 e. The fraction of sp³-hybridized carbons (Fsp3) is 0. The van der Waals surface area contributed by atoms with Crippen molar-refractivity contribution < 1.29 is 4.79 Å². The predicted molar refractivity (Wildman–Crippen MR) is 58.6 cm³/mol. The Morgan fingerprint density at radius 2 is 1.93 bits per heavy atom. The van der Waals surface area contributed by atoms with Crippen LogP contribution in [0, 0.1) is 5.41 Å². The standard InChI is InChI=1S/C10H8N2OS/c11-6-8(10(12)13)9(14)7-4-2-1-3-5-7/h1-5,11H,(H2,12,13). The number of amides is 1. The Morgan fingerprint density at radius 3 is 2.36 bits per heavy atom. The van der Waals surface area contributed by atoms with Crippen LogP contribution in [0.2, 0.25) is 0 Å². The lowest BCUT2D eigenvalue weighted by molar-refractivity contribution is -0.113. The van der Waals surface area contributed by atoms with Gasteiger partial charge in [0.05, 0.1) is 4.86 Å². The maximum atomic E-state index is 10.9. The largest absolute Gasteiger partial charge is 0.365 e. The monoisotopic (exact) mass is 204 g/mol. The second-order valence-electron chi connectivity index (χ2n) is 2.56. The lowest BCUT2D eigenvalue weighted by atomic mass is 10.1. The molecule has 1 aromatic rings. The van der Waals surface area contributed by atoms with E-state index >= 15 is 0 Å². The third-order valence-electron chi connectivity index (χ3n) is 1.63. The number of hydrogen-bond donors (Lipinski definition) is 2. The van der Waals surface area contributed by atoms with Crippen LogP contribution in [0.25, 0.3) is 0 Å². The highest BCUT2D eigenvalue weighted by molar-refractivity contribution is 7.81. The van der Waals surface area contributed by atoms with Gasteiger partial charge in [0.25, 0.3) is 5.91 Å². The summed E-state index contributed by atoms with van der Waals surface area (Å²) in [5, 5.41) is 6.89. The molecule has 0 bridgehead atoms. The van der Waals surface area contributed by atoms with Gasteiger partial charge in [-0.3, -0.25) is 10.2 Å². The molecule has 0 saturated carbocycles. The highest BCUT2D eigenvalue weighted by Gasteiger charge is 2.12. The van der Waals surface area contributed by atoms with E-state index in [2.05, 4.69) is 0 Å². The molecule has 1 aromatic carbocycles. The first kappa shape index (κ1) is 10.3. The Hall–Kier alpha value is -1.77. The number of carbonyl (C=O) groups is 1. The van der Waals surface area contributed by atoms with Crippen LogP contribution < -0.4 is 5.73 Å². The van der Waals surface area contributed by atoms with Gasteiger partial charge in [-0.25, -0.2) is 0 Å². The van der Waals surface area contributed by atoms with Gasteiger partial charge in [-0.1, -0.05) is 42.5 Å². The topological polar surface area (TPSA) is 66.9 Å². The van der Waals surface area contributed by atoms with E-state index in [4.69, 9.17) is 23.4 Å². The van der Waals surface area contributed by atoms with E-state index in [1.807, 2.05) is 11.9 Å². The number of rotatable bonds is 3. The quantitative estimate of drug-likeness (QED) is 0.334. The third kappa shape index (κ3) is 2.13. The van der Waals surface area contributed by atoms with Crippen LogP contribution in [0.15, 0.2) is 35.9 Å². The molecule has 0 aromatic heterocycles. The lowest BCUT2D eigenvalue weighted by Crippen LogP contribution is -2.20. The van der Waals surface area contributed by atoms with Gasteiger partial charge in [0, 0.05) is 0 Å². The summed E-state index contributed by atoms with van der Waals surface area (Å²) < 4.78 is 0. The van der Waals surface area contributed by atoms with Gasteiger partial charge in [0.1, 0.15) is 5.57 Å². The summed E-state index contributed by atoms with van der Waals surface area (Å²) >= 11 is 5.00. The van der Waals surface area contributed by atoms with Crippen LogP contribution in [0.5, 0.6) is 0 Å². The number of thiocarbonyl (C=S) groups is 1. The average molecular weight is 204 g/mol. The molecule has 0 spiro atoms. The first-order valence-electron chi connectivity index (χ1n) is 3.86. The molecule has 3 N–H and O–H groups in total. The first-order chi connectivity index (χ1) is 6.66. The van der Waals surface area contributed by atoms with Crippen molar-refractivity contribution in [2.24, 2.45) is 5.73 Å². The smallest absolute Gasteiger partial charge is 0.259 e. The minimum Gasteiger partial charge on any atom is -0.365 e. The van der Waals surface area contributed by atoms with Gasteiger partial charge < -0.3 is 5.73 Å². The van der Waals surface area contributed by atoms with Crippen LogP contribution in [-0.2, 0) is 4.79 Å². The minimum absolute atomic E-state index is 0.0637. The van der Waals surface area contributed by atoms with Crippen molar-refractivity contribution in [2.75, 3.05) is 0 Å². The third-order valence-corrected chi connectivity index (χ3v) is 2.07. The van der Waals surface area contributed by atoms with Crippen molar-refractivity contribution >= 4 is 28.9 Å². The van der Waals surface area contributed by atoms with Crippen molar-refractivity contribution in [1.29, 1.82) is 5.41 Å². The molecule has 0 atom stereocenters. The summed E-state index contributed by atoms with van der Waals surface area (Å²) in [5.41, 5.74) is 5.67. The van der Waals surface area contributed by atoms with Crippen LogP contribution in [0.4, 0.5) is 0 Å². The van der Waals surface area contributed by atoms with E-state index in [0.717, 1.165) is 0 Å². The fourth-order valence-electron chi connectivity index (χ4n) is 0.964. The molecule has 1 amide bonds. The van der Waals surface area contributed by atoms with Gasteiger partial charge in [0.2, 0.25) is 0 Å². The van der Waals surface area contributed by atoms with E-state index in [9.17, 15) is 4.79 Å². The van der Waals surface area contributed by atoms with Crippen molar-refractivity contribution in [2.45, 2.75) is 0 Å². The lowest BCUT2D eigenvalue weighted by Gasteiger charge is -2.01. The number of carbonyl (C=O) groups excluding carboxylic acids is 1. The van der Waals surface area contributed by atoms with Crippen LogP contribution >= 0.6 is 12.2 Å². The Balaban J connectivity index is 3.09. The zero-order valence-electron chi connectivity index (χ0n) is 7.28. The van der Waals surface area contributed by atoms with E-state index in [0.29, 0.717) is 5.56 Å². The van der Waals surface area contributed by atoms with Crippen LogP contribution in [0.3, 0.4) is 0 Å². The number of primary amides is 1. The van der Waals surface area contributed by atoms with Crippen molar-refractivity contribution in [3.8, 4) is 0 Å². The Morgan fingerprint density at radius 1 is 1.36 bits per heavy atom. The molecule has 70 valence electrons. The van der Waals surface area contributed by atoms with E-state index in [1.54, 1.807) is 24.3 Å². The van der Waals surface area contributed by atoms with Crippen LogP contribution in [-0.4, -0.2) is 16.6 Å². The zero-order chi connectivity index (χ0) is 10.6. The summed E-state index contributed by atoms with van der Waals surface area (Å²) in [6.07, 6.45) is 0. The van der Waals surface area contributed by atoms with E-state index < -0.39 is 5.91 Å². The normalized spacial score (nSPS) is 8.86. The molecule has 0 unspecified atom stereocenters. The summed E-state index contributed by atoms with van der Waals surface area (Å²) in [6, 6.07) is 8.93. The second kappa shape index (κ2) is 4.46. The highest BCUT2D eigenvalue weighted by Crippen LogP contribution is 2.07. The van der Waals surface area contributed by atoms with Crippen LogP contribution in [0.1, 0.15) is 5.56 Å². The van der Waals surface area contributed by atoms with Gasteiger partial charge >= 0.3 is 0 Å². The second-order valence-corrected chi connectivity index (χ2v) is 2.97. The SMILES string of the molecule is N=C=C(C(N)=O)C(=S)c1ccccc1. The van der Waals surface area contributed by atoms with Gasteiger partial charge in [-0.05, 0) is 11.4 Å². The summed E-state index contributed by atoms with van der Waals surface area (Å²) in [4.78, 5) is 11.1. The van der Waals surface area contributed by atoms with Crippen molar-refractivity contribution in [3.63, 3.8) is 0 Å². The molecule has 1 rings (SSSR count). The molecule has 3 nitrogen and oxygen atoms in total. The Labute approximate surface area is 86.7 Å². The molecule has 0 heterocycles. The average Bonchev–Trinajstić information content (AvgIpc) is 2.19. The molecule has 0 fully saturated rings. The number of hydrogen-bond acceptors (Lipinski definition) is 3. The van der Waals surface area contributed by atoms with E-state index in [1.165, 1.54) is 0 Å². The van der Waals surface area contributed by atoms with Crippen molar-refractivity contribution in [1.82, 2.24) is 0 Å². The van der Waals surface area contributed by atoms with Crippen molar-refractivity contribution in [3.05, 3.63) is 41.5 Å². The predicted octanol–water partition coefficient (Wildman–Crippen LogP) is 1.06. The Bertz CT molecular complexity index is 419. The first-order valence-corrected chi connectivity index (χ1v) is 4.27. The highest BCUT2D eigenvalue weighted by atomic mass is 32.1. The molecule has 4 heteroatoms. The molecule has 0 saturated heterocycles. The number of nitrogens with one attached hydrogen (secondary N) is 1. The minimum atomic E-state index is -0.728. The van der Waals surface area contributed by atoms with Gasteiger partial charge in [0.15, 0.2) is 0 Å². The fourth-order valence-corrected chi connectivity index (χ4v) is 1.25.